The highest BCUT2D eigenvalue weighted by Gasteiger charge is 2.39. The molecule has 1 rings (SSSR count). The van der Waals surface area contributed by atoms with Gasteiger partial charge in [-0.05, 0) is 32.1 Å². The van der Waals surface area contributed by atoms with E-state index in [2.05, 4.69) is 6.58 Å². The largest absolute Gasteiger partial charge is 0.481 e. The minimum absolute atomic E-state index is 0.127. The highest BCUT2D eigenvalue weighted by molar-refractivity contribution is 5.84. The van der Waals surface area contributed by atoms with E-state index >= 15 is 0 Å². The van der Waals surface area contributed by atoms with Gasteiger partial charge in [0.1, 0.15) is 0 Å². The molecular formula is C14H20O5. The molecule has 5 heteroatoms. The quantitative estimate of drug-likeness (QED) is 0.640. The fourth-order valence-corrected chi connectivity index (χ4v) is 2.34. The zero-order valence-electron chi connectivity index (χ0n) is 11.1. The number of carbonyl (C=O) groups is 2. The van der Waals surface area contributed by atoms with E-state index in [4.69, 9.17) is 10.2 Å². The van der Waals surface area contributed by atoms with Crippen LogP contribution in [0.4, 0.5) is 0 Å². The summed E-state index contributed by atoms with van der Waals surface area (Å²) in [7, 11) is 0. The second-order valence-corrected chi connectivity index (χ2v) is 5.26. The first kappa shape index (κ1) is 15.4. The van der Waals surface area contributed by atoms with E-state index in [0.717, 1.165) is 24.0 Å². The highest BCUT2D eigenvalue weighted by atomic mass is 16.4. The maximum Gasteiger partial charge on any atom is 0.336 e. The van der Waals surface area contributed by atoms with E-state index < -0.39 is 24.0 Å². The molecule has 0 saturated heterocycles. The molecule has 0 aromatic rings. The molecule has 0 amide bonds. The summed E-state index contributed by atoms with van der Waals surface area (Å²) in [5.74, 6) is -2.42. The molecular weight excluding hydrogens is 248 g/mol. The van der Waals surface area contributed by atoms with Gasteiger partial charge in [-0.15, -0.1) is 0 Å². The van der Waals surface area contributed by atoms with Crippen LogP contribution in [-0.4, -0.2) is 32.9 Å². The predicted molar refractivity (Wildman–Crippen MR) is 69.7 cm³/mol. The fraction of sp³-hybridized carbons (Fsp3) is 0.571. The van der Waals surface area contributed by atoms with E-state index in [1.165, 1.54) is 0 Å². The summed E-state index contributed by atoms with van der Waals surface area (Å²) in [4.78, 5) is 21.7. The van der Waals surface area contributed by atoms with Gasteiger partial charge in [0.15, 0.2) is 5.60 Å². The molecule has 0 aliphatic heterocycles. The second kappa shape index (κ2) is 6.02. The molecule has 19 heavy (non-hydrogen) atoms. The van der Waals surface area contributed by atoms with Gasteiger partial charge >= 0.3 is 11.9 Å². The zero-order chi connectivity index (χ0) is 14.6. The Bertz CT molecular complexity index is 424. The third-order valence-corrected chi connectivity index (χ3v) is 3.56. The van der Waals surface area contributed by atoms with Crippen molar-refractivity contribution in [3.8, 4) is 0 Å². The van der Waals surface area contributed by atoms with E-state index in [1.54, 1.807) is 0 Å². The third-order valence-electron chi connectivity index (χ3n) is 3.56. The first-order valence-electron chi connectivity index (χ1n) is 6.25. The minimum Gasteiger partial charge on any atom is -0.481 e. The van der Waals surface area contributed by atoms with E-state index in [0.29, 0.717) is 12.3 Å². The van der Waals surface area contributed by atoms with E-state index in [9.17, 15) is 14.7 Å². The van der Waals surface area contributed by atoms with Crippen molar-refractivity contribution in [2.75, 3.05) is 0 Å². The Labute approximate surface area is 112 Å². The molecule has 0 aromatic carbocycles. The summed E-state index contributed by atoms with van der Waals surface area (Å²) >= 11 is 0. The number of carboxylic acid groups (broad SMARTS) is 2. The number of aliphatic hydroxyl groups is 1. The first-order chi connectivity index (χ1) is 8.74. The Morgan fingerprint density at radius 3 is 2.47 bits per heavy atom. The standard InChI is InChI=1S/C14H20O5/c1-9(2)11-5-3-10(4-6-11)7-14(19,13(17)18)8-12(15)16/h3,11,19H,1,4-8H2,2H3,(H,15,16)(H,17,18)/t11-,14-/m1/s1. The summed E-state index contributed by atoms with van der Waals surface area (Å²) in [5.41, 5.74) is -0.314. The van der Waals surface area contributed by atoms with Gasteiger partial charge in [0.2, 0.25) is 0 Å². The molecule has 3 N–H and O–H groups in total. The smallest absolute Gasteiger partial charge is 0.336 e. The summed E-state index contributed by atoms with van der Waals surface area (Å²) in [5, 5.41) is 27.6. The van der Waals surface area contributed by atoms with Crippen LogP contribution in [0.5, 0.6) is 0 Å². The number of aliphatic carboxylic acids is 2. The van der Waals surface area contributed by atoms with Gasteiger partial charge in [0, 0.05) is 6.42 Å². The Balaban J connectivity index is 2.74. The minimum atomic E-state index is -2.21. The van der Waals surface area contributed by atoms with Crippen molar-refractivity contribution in [3.05, 3.63) is 23.8 Å². The number of rotatable bonds is 6. The Hall–Kier alpha value is -1.62. The number of hydrogen-bond acceptors (Lipinski definition) is 3. The topological polar surface area (TPSA) is 94.8 Å². The average Bonchev–Trinajstić information content (AvgIpc) is 2.28. The lowest BCUT2D eigenvalue weighted by Gasteiger charge is -2.27. The van der Waals surface area contributed by atoms with Crippen LogP contribution in [0.1, 0.15) is 39.0 Å². The summed E-state index contributed by atoms with van der Waals surface area (Å²) in [6.07, 6.45) is 3.30. The second-order valence-electron chi connectivity index (χ2n) is 5.26. The third kappa shape index (κ3) is 4.21. The molecule has 0 saturated carbocycles. The van der Waals surface area contributed by atoms with Crippen LogP contribution >= 0.6 is 0 Å². The molecule has 0 bridgehead atoms. The maximum absolute atomic E-state index is 11.0. The molecule has 1 aliphatic rings. The van der Waals surface area contributed by atoms with Crippen LogP contribution in [0.2, 0.25) is 0 Å². The van der Waals surface area contributed by atoms with Crippen molar-refractivity contribution in [2.24, 2.45) is 5.92 Å². The van der Waals surface area contributed by atoms with Gasteiger partial charge in [-0.1, -0.05) is 23.8 Å². The molecule has 0 radical (unpaired) electrons. The SMILES string of the molecule is C=C(C)[C@@H]1CC=C(C[C@@](O)(CC(=O)O)C(=O)O)CC1. The molecule has 106 valence electrons. The van der Waals surface area contributed by atoms with Crippen LogP contribution < -0.4 is 0 Å². The highest BCUT2D eigenvalue weighted by Crippen LogP contribution is 2.33. The Morgan fingerprint density at radius 1 is 1.47 bits per heavy atom. The Kier molecular flexibility index (Phi) is 4.89. The lowest BCUT2D eigenvalue weighted by Crippen LogP contribution is -2.41. The zero-order valence-corrected chi connectivity index (χ0v) is 11.1. The number of carboxylic acids is 2. The normalized spacial score (nSPS) is 22.2. The van der Waals surface area contributed by atoms with Gasteiger partial charge in [-0.3, -0.25) is 4.79 Å². The van der Waals surface area contributed by atoms with Crippen molar-refractivity contribution >= 4 is 11.9 Å². The molecule has 0 spiro atoms. The average molecular weight is 268 g/mol. The van der Waals surface area contributed by atoms with Crippen molar-refractivity contribution < 1.29 is 24.9 Å². The Morgan fingerprint density at radius 2 is 2.11 bits per heavy atom. The van der Waals surface area contributed by atoms with E-state index in [1.807, 2.05) is 13.0 Å². The molecule has 0 unspecified atom stereocenters. The maximum atomic E-state index is 11.0. The van der Waals surface area contributed by atoms with Gasteiger partial charge in [-0.2, -0.15) is 0 Å². The first-order valence-corrected chi connectivity index (χ1v) is 6.25. The summed E-state index contributed by atoms with van der Waals surface area (Å²) < 4.78 is 0. The van der Waals surface area contributed by atoms with Crippen molar-refractivity contribution in [2.45, 2.75) is 44.6 Å². The fourth-order valence-electron chi connectivity index (χ4n) is 2.34. The van der Waals surface area contributed by atoms with Crippen molar-refractivity contribution in [3.63, 3.8) is 0 Å². The van der Waals surface area contributed by atoms with Crippen LogP contribution in [0.3, 0.4) is 0 Å². The molecule has 0 fully saturated rings. The molecule has 2 atom stereocenters. The van der Waals surface area contributed by atoms with Crippen LogP contribution in [0.25, 0.3) is 0 Å². The molecule has 0 heterocycles. The number of allylic oxidation sites excluding steroid dienone is 2. The van der Waals surface area contributed by atoms with E-state index in [-0.39, 0.29) is 6.42 Å². The van der Waals surface area contributed by atoms with Gasteiger partial charge < -0.3 is 15.3 Å². The van der Waals surface area contributed by atoms with Gasteiger partial charge in [0.25, 0.3) is 0 Å². The molecule has 5 nitrogen and oxygen atoms in total. The van der Waals surface area contributed by atoms with Gasteiger partial charge in [-0.25, -0.2) is 4.79 Å². The monoisotopic (exact) mass is 268 g/mol. The molecule has 1 aliphatic carbocycles. The predicted octanol–water partition coefficient (Wildman–Crippen LogP) is 1.97. The van der Waals surface area contributed by atoms with Crippen LogP contribution in [0, 0.1) is 5.92 Å². The van der Waals surface area contributed by atoms with Crippen molar-refractivity contribution in [1.29, 1.82) is 0 Å². The van der Waals surface area contributed by atoms with Gasteiger partial charge in [0.05, 0.1) is 6.42 Å². The molecule has 0 aromatic heterocycles. The number of hydrogen-bond donors (Lipinski definition) is 3. The lowest BCUT2D eigenvalue weighted by atomic mass is 9.81. The summed E-state index contributed by atoms with van der Waals surface area (Å²) in [6.45, 7) is 5.86. The lowest BCUT2D eigenvalue weighted by molar-refractivity contribution is -0.165. The van der Waals surface area contributed by atoms with Crippen LogP contribution in [-0.2, 0) is 9.59 Å². The van der Waals surface area contributed by atoms with Crippen molar-refractivity contribution in [1.82, 2.24) is 0 Å². The summed E-state index contributed by atoms with van der Waals surface area (Å²) in [6, 6.07) is 0. The van der Waals surface area contributed by atoms with Crippen LogP contribution in [0.15, 0.2) is 23.8 Å².